The van der Waals surface area contributed by atoms with Crippen LogP contribution in [0.2, 0.25) is 0 Å². The lowest BCUT2D eigenvalue weighted by molar-refractivity contribution is -0.116. The molecule has 2 heterocycles. The minimum Gasteiger partial charge on any atom is -0.369 e. The fourth-order valence-corrected chi connectivity index (χ4v) is 3.85. The topological polar surface area (TPSA) is 114 Å². The first-order chi connectivity index (χ1) is 13.6. The van der Waals surface area contributed by atoms with E-state index in [0.29, 0.717) is 17.4 Å². The van der Waals surface area contributed by atoms with E-state index in [1.807, 2.05) is 4.90 Å². The van der Waals surface area contributed by atoms with Crippen LogP contribution in [0.4, 0.5) is 15.8 Å². The molecule has 11 heteroatoms. The molecule has 1 aromatic carbocycles. The average Bonchev–Trinajstić information content (AvgIpc) is 3.10. The van der Waals surface area contributed by atoms with Gasteiger partial charge in [0.25, 0.3) is 0 Å². The van der Waals surface area contributed by atoms with Gasteiger partial charge in [-0.15, -0.1) is 0 Å². The summed E-state index contributed by atoms with van der Waals surface area (Å²) in [6, 6.07) is 5.09. The largest absolute Gasteiger partial charge is 0.369 e. The Labute approximate surface area is 169 Å². The highest BCUT2D eigenvalue weighted by Gasteiger charge is 2.22. The lowest BCUT2D eigenvalue weighted by Gasteiger charge is -2.36. The zero-order chi connectivity index (χ0) is 21.2. The molecule has 1 saturated heterocycles. The number of rotatable bonds is 6. The molecule has 0 atom stereocenters. The van der Waals surface area contributed by atoms with E-state index in [2.05, 4.69) is 29.4 Å². The van der Waals surface area contributed by atoms with Crippen LogP contribution in [0.5, 0.6) is 0 Å². The van der Waals surface area contributed by atoms with Crippen molar-refractivity contribution in [2.45, 2.75) is 30.3 Å². The van der Waals surface area contributed by atoms with Gasteiger partial charge >= 0.3 is 0 Å². The number of carbonyl (C=O) groups is 1. The van der Waals surface area contributed by atoms with Gasteiger partial charge in [-0.25, -0.2) is 17.9 Å². The van der Waals surface area contributed by atoms with Crippen LogP contribution in [0.3, 0.4) is 0 Å². The Morgan fingerprint density at radius 3 is 2.59 bits per heavy atom. The molecular weight excluding hydrogens is 399 g/mol. The number of sulfonamides is 1. The van der Waals surface area contributed by atoms with Crippen LogP contribution in [0.25, 0.3) is 0 Å². The summed E-state index contributed by atoms with van der Waals surface area (Å²) < 4.78 is 38.2. The highest BCUT2D eigenvalue weighted by molar-refractivity contribution is 7.89. The predicted molar refractivity (Wildman–Crippen MR) is 108 cm³/mol. The molecule has 3 N–H and O–H groups in total. The van der Waals surface area contributed by atoms with E-state index in [1.165, 1.54) is 6.07 Å². The smallest absolute Gasteiger partial charge is 0.246 e. The number of halogens is 1. The van der Waals surface area contributed by atoms with Gasteiger partial charge in [0.05, 0.1) is 11.9 Å². The van der Waals surface area contributed by atoms with Crippen molar-refractivity contribution in [1.29, 1.82) is 0 Å². The first kappa shape index (κ1) is 21.2. The van der Waals surface area contributed by atoms with E-state index in [4.69, 9.17) is 5.14 Å². The fourth-order valence-electron chi connectivity index (χ4n) is 3.39. The molecule has 1 aliphatic heterocycles. The van der Waals surface area contributed by atoms with E-state index in [1.54, 1.807) is 12.1 Å². The Kier molecular flexibility index (Phi) is 6.20. The van der Waals surface area contributed by atoms with Crippen LogP contribution in [0.1, 0.15) is 12.8 Å². The highest BCUT2D eigenvalue weighted by atomic mass is 32.2. The SMILES string of the molecule is CN(C)C1CCN(c2ccc(NC(=O)Cn3cc(S(N)(=O)=O)cn3)cc2F)CC1. The van der Waals surface area contributed by atoms with E-state index >= 15 is 0 Å². The third-order valence-electron chi connectivity index (χ3n) is 5.01. The number of primary sulfonamides is 1. The van der Waals surface area contributed by atoms with Gasteiger partial charge in [0.2, 0.25) is 15.9 Å². The second-order valence-electron chi connectivity index (χ2n) is 7.31. The number of hydrogen-bond acceptors (Lipinski definition) is 6. The summed E-state index contributed by atoms with van der Waals surface area (Å²) in [6.07, 6.45) is 4.16. The molecule has 1 aliphatic rings. The molecule has 2 aromatic rings. The van der Waals surface area contributed by atoms with Gasteiger partial charge in [0, 0.05) is 31.0 Å². The number of benzene rings is 1. The second-order valence-corrected chi connectivity index (χ2v) is 8.88. The fraction of sp³-hybridized carbons (Fsp3) is 0.444. The number of hydrogen-bond donors (Lipinski definition) is 2. The summed E-state index contributed by atoms with van der Waals surface area (Å²) in [7, 11) is 0.228. The van der Waals surface area contributed by atoms with Crippen molar-refractivity contribution in [3.8, 4) is 0 Å². The molecule has 9 nitrogen and oxygen atoms in total. The Morgan fingerprint density at radius 1 is 1.34 bits per heavy atom. The monoisotopic (exact) mass is 424 g/mol. The number of aromatic nitrogens is 2. The van der Waals surface area contributed by atoms with E-state index in [0.717, 1.165) is 43.0 Å². The Balaban J connectivity index is 1.60. The van der Waals surface area contributed by atoms with Crippen molar-refractivity contribution >= 4 is 27.3 Å². The number of nitrogens with zero attached hydrogens (tertiary/aromatic N) is 4. The lowest BCUT2D eigenvalue weighted by atomic mass is 10.0. The van der Waals surface area contributed by atoms with Crippen molar-refractivity contribution in [2.24, 2.45) is 5.14 Å². The zero-order valence-corrected chi connectivity index (χ0v) is 17.2. The normalized spacial score (nSPS) is 15.7. The van der Waals surface area contributed by atoms with Crippen LogP contribution in [-0.2, 0) is 21.4 Å². The molecular formula is C18H25FN6O3S. The van der Waals surface area contributed by atoms with Crippen LogP contribution < -0.4 is 15.4 Å². The molecule has 1 aromatic heterocycles. The summed E-state index contributed by atoms with van der Waals surface area (Å²) in [4.78, 5) is 16.2. The summed E-state index contributed by atoms with van der Waals surface area (Å²) in [5.41, 5.74) is 0.836. The molecule has 0 bridgehead atoms. The van der Waals surface area contributed by atoms with E-state index < -0.39 is 21.7 Å². The van der Waals surface area contributed by atoms with Crippen LogP contribution in [0.15, 0.2) is 35.5 Å². The van der Waals surface area contributed by atoms with Crippen molar-refractivity contribution in [3.05, 3.63) is 36.4 Å². The quantitative estimate of drug-likeness (QED) is 0.710. The number of amides is 1. The molecule has 0 saturated carbocycles. The summed E-state index contributed by atoms with van der Waals surface area (Å²) in [5, 5.41) is 11.4. The Bertz CT molecular complexity index is 983. The standard InChI is InChI=1S/C18H25FN6O3S/c1-23(2)14-5-7-24(8-6-14)17-4-3-13(9-16(17)19)22-18(26)12-25-11-15(10-21-25)29(20,27)28/h3-4,9-11,14H,5-8,12H2,1-2H3,(H,22,26)(H2,20,27,28). The summed E-state index contributed by atoms with van der Waals surface area (Å²) in [5.74, 6) is -0.866. The second kappa shape index (κ2) is 8.47. The number of nitrogens with two attached hydrogens (primary N) is 1. The average molecular weight is 425 g/mol. The van der Waals surface area contributed by atoms with Gasteiger partial charge in [-0.2, -0.15) is 5.10 Å². The summed E-state index contributed by atoms with van der Waals surface area (Å²) in [6.45, 7) is 1.32. The summed E-state index contributed by atoms with van der Waals surface area (Å²) >= 11 is 0. The van der Waals surface area contributed by atoms with Gasteiger partial charge in [0.1, 0.15) is 17.3 Å². The number of carbonyl (C=O) groups excluding carboxylic acids is 1. The molecule has 0 radical (unpaired) electrons. The highest BCUT2D eigenvalue weighted by Crippen LogP contribution is 2.26. The molecule has 0 spiro atoms. The van der Waals surface area contributed by atoms with Gasteiger partial charge < -0.3 is 15.1 Å². The van der Waals surface area contributed by atoms with Crippen LogP contribution in [0, 0.1) is 5.82 Å². The zero-order valence-electron chi connectivity index (χ0n) is 16.4. The molecule has 0 unspecified atom stereocenters. The van der Waals surface area contributed by atoms with Crippen LogP contribution in [-0.4, -0.2) is 62.2 Å². The third kappa shape index (κ3) is 5.31. The molecule has 3 rings (SSSR count). The molecule has 0 aliphatic carbocycles. The molecule has 1 fully saturated rings. The molecule has 158 valence electrons. The lowest BCUT2D eigenvalue weighted by Crippen LogP contribution is -2.42. The third-order valence-corrected chi connectivity index (χ3v) is 5.88. The predicted octanol–water partition coefficient (Wildman–Crippen LogP) is 0.839. The van der Waals surface area contributed by atoms with Gasteiger partial charge in [-0.1, -0.05) is 0 Å². The number of anilines is 2. The van der Waals surface area contributed by atoms with Gasteiger partial charge in [0.15, 0.2) is 0 Å². The Morgan fingerprint density at radius 2 is 2.03 bits per heavy atom. The minimum absolute atomic E-state index is 0.182. The van der Waals surface area contributed by atoms with Crippen molar-refractivity contribution < 1.29 is 17.6 Å². The maximum Gasteiger partial charge on any atom is 0.246 e. The van der Waals surface area contributed by atoms with Crippen LogP contribution >= 0.6 is 0 Å². The Hall–Kier alpha value is -2.50. The van der Waals surface area contributed by atoms with Crippen molar-refractivity contribution in [2.75, 3.05) is 37.4 Å². The minimum atomic E-state index is -3.88. The number of piperidine rings is 1. The van der Waals surface area contributed by atoms with Gasteiger partial charge in [-0.3, -0.25) is 9.48 Å². The van der Waals surface area contributed by atoms with Gasteiger partial charge in [-0.05, 0) is 45.1 Å². The first-order valence-corrected chi connectivity index (χ1v) is 10.7. The van der Waals surface area contributed by atoms with E-state index in [9.17, 15) is 17.6 Å². The van der Waals surface area contributed by atoms with Crippen molar-refractivity contribution in [3.63, 3.8) is 0 Å². The first-order valence-electron chi connectivity index (χ1n) is 9.19. The number of nitrogens with one attached hydrogen (secondary N) is 1. The maximum atomic E-state index is 14.6. The molecule has 1 amide bonds. The van der Waals surface area contributed by atoms with E-state index in [-0.39, 0.29) is 11.4 Å². The molecule has 29 heavy (non-hydrogen) atoms. The maximum absolute atomic E-state index is 14.6. The van der Waals surface area contributed by atoms with Crippen molar-refractivity contribution in [1.82, 2.24) is 14.7 Å².